The molecule has 0 fully saturated rings. The summed E-state index contributed by atoms with van der Waals surface area (Å²) in [5.74, 6) is 0.637. The summed E-state index contributed by atoms with van der Waals surface area (Å²) in [6.45, 7) is 22.9. The van der Waals surface area contributed by atoms with Gasteiger partial charge in [-0.3, -0.25) is 0 Å². The zero-order valence-electron chi connectivity index (χ0n) is 14.4. The monoisotopic (exact) mass is 252 g/mol. The summed E-state index contributed by atoms with van der Waals surface area (Å²) in [7, 11) is 0. The van der Waals surface area contributed by atoms with E-state index in [0.717, 1.165) is 12.0 Å². The molecule has 0 aromatic heterocycles. The summed E-state index contributed by atoms with van der Waals surface area (Å²) in [5.41, 5.74) is 4.07. The number of hydrogen-bond donors (Lipinski definition) is 0. The summed E-state index contributed by atoms with van der Waals surface area (Å²) in [6, 6.07) is 0. The Morgan fingerprint density at radius 3 is 1.78 bits per heavy atom. The fraction of sp³-hybridized carbons (Fsp3) is 0.667. The molecule has 0 N–H and O–H groups in total. The maximum Gasteiger partial charge on any atom is -0.0190 e. The van der Waals surface area contributed by atoms with Crippen LogP contribution in [0.5, 0.6) is 0 Å². The lowest BCUT2D eigenvalue weighted by atomic mass is 9.89. The van der Waals surface area contributed by atoms with Crippen molar-refractivity contribution < 1.29 is 0 Å². The highest BCUT2D eigenvalue weighted by atomic mass is 14.1. The van der Waals surface area contributed by atoms with Crippen molar-refractivity contribution in [3.8, 4) is 0 Å². The van der Waals surface area contributed by atoms with Gasteiger partial charge in [0.05, 0.1) is 0 Å². The van der Waals surface area contributed by atoms with Crippen LogP contribution in [0.2, 0.25) is 0 Å². The molecule has 0 spiro atoms. The van der Waals surface area contributed by atoms with E-state index in [1.165, 1.54) is 17.6 Å². The van der Waals surface area contributed by atoms with Gasteiger partial charge in [0.1, 0.15) is 0 Å². The van der Waals surface area contributed by atoms with Crippen LogP contribution in [0.15, 0.2) is 35.5 Å². The molecule has 0 nitrogen and oxygen atoms in total. The van der Waals surface area contributed by atoms with Gasteiger partial charge in [-0.15, -0.1) is 0 Å². The molecule has 0 radical (unpaired) electrons. The molecule has 0 aliphatic heterocycles. The highest BCUT2D eigenvalue weighted by Crippen LogP contribution is 2.25. The highest BCUT2D eigenvalue weighted by Gasteiger charge is 2.09. The molecule has 0 aromatic carbocycles. The predicted octanol–water partition coefficient (Wildman–Crippen LogP) is 6.94. The van der Waals surface area contributed by atoms with Crippen molar-refractivity contribution in [3.63, 3.8) is 0 Å². The van der Waals surface area contributed by atoms with Crippen LogP contribution in [-0.2, 0) is 0 Å². The zero-order valence-corrected chi connectivity index (χ0v) is 14.4. The smallest absolute Gasteiger partial charge is 0.0190 e. The fourth-order valence-electron chi connectivity index (χ4n) is 1.61. The zero-order chi connectivity index (χ0) is 15.1. The van der Waals surface area contributed by atoms with E-state index in [-0.39, 0.29) is 0 Å². The molecule has 0 saturated heterocycles. The van der Waals surface area contributed by atoms with E-state index < -0.39 is 0 Å². The lowest BCUT2D eigenvalue weighted by Crippen LogP contribution is -2.01. The summed E-state index contributed by atoms with van der Waals surface area (Å²) < 4.78 is 0. The van der Waals surface area contributed by atoms with E-state index in [2.05, 4.69) is 53.3 Å². The molecule has 1 atom stereocenters. The molecule has 0 heterocycles. The normalized spacial score (nSPS) is 12.7. The predicted molar refractivity (Wildman–Crippen MR) is 89.1 cm³/mol. The molecule has 18 heavy (non-hydrogen) atoms. The Kier molecular flexibility index (Phi) is 20.2. The van der Waals surface area contributed by atoms with Gasteiger partial charge in [0, 0.05) is 0 Å². The van der Waals surface area contributed by atoms with E-state index >= 15 is 0 Å². The van der Waals surface area contributed by atoms with Crippen LogP contribution in [0.25, 0.3) is 0 Å². The number of hydrogen-bond acceptors (Lipinski definition) is 0. The van der Waals surface area contributed by atoms with Gasteiger partial charge in [-0.2, -0.15) is 0 Å². The minimum atomic E-state index is 0.637. The fourth-order valence-corrected chi connectivity index (χ4v) is 1.61. The third-order valence-electron chi connectivity index (χ3n) is 2.65. The van der Waals surface area contributed by atoms with E-state index in [4.69, 9.17) is 0 Å². The molecule has 1 unspecified atom stereocenters. The van der Waals surface area contributed by atoms with Gasteiger partial charge in [0.15, 0.2) is 0 Å². The molecule has 0 aromatic rings. The molecule has 0 heteroatoms. The quantitative estimate of drug-likeness (QED) is 0.465. The van der Waals surface area contributed by atoms with Gasteiger partial charge in [-0.1, -0.05) is 72.8 Å². The molecule has 0 saturated carbocycles. The first-order valence-corrected chi connectivity index (χ1v) is 7.59. The van der Waals surface area contributed by atoms with E-state index in [0.29, 0.717) is 5.92 Å². The molecule has 0 bridgehead atoms. The Hall–Kier alpha value is -0.780. The maximum atomic E-state index is 3.96. The Balaban J connectivity index is -0.000000506. The standard InChI is InChI=1S/C14H24.2C2H6/c1-7-12(6)14(10-11(4)5)13(8-2)9-3;2*1-2/h8,10,12H,4,7,9H2,1-3,5-6H3;2*1-2H3/b13-8-,14-10-;;. The van der Waals surface area contributed by atoms with Crippen LogP contribution in [0.4, 0.5) is 0 Å². The van der Waals surface area contributed by atoms with Crippen LogP contribution in [0.3, 0.4) is 0 Å². The van der Waals surface area contributed by atoms with Crippen LogP contribution in [0, 0.1) is 5.92 Å². The van der Waals surface area contributed by atoms with Gasteiger partial charge in [0.25, 0.3) is 0 Å². The van der Waals surface area contributed by atoms with Crippen LogP contribution in [0.1, 0.15) is 75.2 Å². The average Bonchev–Trinajstić information content (AvgIpc) is 2.42. The second-order valence-electron chi connectivity index (χ2n) is 3.92. The molecule has 0 amide bonds. The van der Waals surface area contributed by atoms with E-state index in [1.54, 1.807) is 0 Å². The molecule has 0 aliphatic carbocycles. The minimum absolute atomic E-state index is 0.637. The molecular weight excluding hydrogens is 216 g/mol. The maximum absolute atomic E-state index is 3.96. The van der Waals surface area contributed by atoms with Crippen molar-refractivity contribution in [3.05, 3.63) is 35.5 Å². The lowest BCUT2D eigenvalue weighted by molar-refractivity contribution is 0.656. The largest absolute Gasteiger partial charge is 0.0961 e. The number of rotatable bonds is 5. The third kappa shape index (κ3) is 10.4. The Morgan fingerprint density at radius 2 is 1.56 bits per heavy atom. The summed E-state index contributed by atoms with van der Waals surface area (Å²) >= 11 is 0. The van der Waals surface area contributed by atoms with Gasteiger partial charge in [-0.05, 0) is 43.8 Å². The SMILES string of the molecule is C=C(C)/C=C(\C(=C/C)CC)C(C)CC.CC.CC. The van der Waals surface area contributed by atoms with Gasteiger partial charge in [-0.25, -0.2) is 0 Å². The van der Waals surface area contributed by atoms with Crippen LogP contribution < -0.4 is 0 Å². The Morgan fingerprint density at radius 1 is 1.11 bits per heavy atom. The lowest BCUT2D eigenvalue weighted by Gasteiger charge is -2.17. The van der Waals surface area contributed by atoms with Gasteiger partial charge in [0.2, 0.25) is 0 Å². The van der Waals surface area contributed by atoms with Crippen LogP contribution >= 0.6 is 0 Å². The van der Waals surface area contributed by atoms with Crippen molar-refractivity contribution in [1.29, 1.82) is 0 Å². The van der Waals surface area contributed by atoms with Crippen molar-refractivity contribution in [2.75, 3.05) is 0 Å². The first-order valence-electron chi connectivity index (χ1n) is 7.59. The molecule has 0 aliphatic rings. The van der Waals surface area contributed by atoms with Crippen molar-refractivity contribution in [1.82, 2.24) is 0 Å². The Labute approximate surface area is 117 Å². The van der Waals surface area contributed by atoms with Gasteiger partial charge >= 0.3 is 0 Å². The summed E-state index contributed by atoms with van der Waals surface area (Å²) in [6.07, 6.45) is 6.75. The first kappa shape index (κ1) is 22.4. The Bertz CT molecular complexity index is 241. The van der Waals surface area contributed by atoms with Gasteiger partial charge < -0.3 is 0 Å². The second-order valence-corrected chi connectivity index (χ2v) is 3.92. The highest BCUT2D eigenvalue weighted by molar-refractivity contribution is 5.36. The van der Waals surface area contributed by atoms with Crippen molar-refractivity contribution in [2.24, 2.45) is 5.92 Å². The summed E-state index contributed by atoms with van der Waals surface area (Å²) in [5, 5.41) is 0. The second kappa shape index (κ2) is 16.2. The van der Waals surface area contributed by atoms with E-state index in [9.17, 15) is 0 Å². The summed E-state index contributed by atoms with van der Waals surface area (Å²) in [4.78, 5) is 0. The van der Waals surface area contributed by atoms with Crippen molar-refractivity contribution >= 4 is 0 Å². The first-order chi connectivity index (χ1) is 8.56. The molecule has 0 rings (SSSR count). The minimum Gasteiger partial charge on any atom is -0.0961 e. The number of allylic oxidation sites excluding steroid dienone is 5. The molecular formula is C18H36. The van der Waals surface area contributed by atoms with E-state index in [1.807, 2.05) is 27.7 Å². The van der Waals surface area contributed by atoms with Crippen LogP contribution in [-0.4, -0.2) is 0 Å². The van der Waals surface area contributed by atoms with Crippen molar-refractivity contribution in [2.45, 2.75) is 75.2 Å². The average molecular weight is 252 g/mol. The third-order valence-corrected chi connectivity index (χ3v) is 2.65. The topological polar surface area (TPSA) is 0 Å². The molecule has 108 valence electrons.